The molecule has 4 rings (SSSR count). The summed E-state index contributed by atoms with van der Waals surface area (Å²) in [5.74, 6) is 1.68. The Morgan fingerprint density at radius 3 is 2.84 bits per heavy atom. The maximum atomic E-state index is 12.5. The Bertz CT molecular complexity index is 895. The molecule has 1 unspecified atom stereocenters. The predicted octanol–water partition coefficient (Wildman–Crippen LogP) is 2.74. The molecule has 0 spiro atoms. The monoisotopic (exact) mass is 441 g/mol. The Morgan fingerprint density at radius 2 is 2.06 bits per heavy atom. The highest BCUT2D eigenvalue weighted by Crippen LogP contribution is 2.24. The van der Waals surface area contributed by atoms with Gasteiger partial charge in [0.1, 0.15) is 5.82 Å². The highest BCUT2D eigenvalue weighted by Gasteiger charge is 2.18. The third-order valence-corrected chi connectivity index (χ3v) is 6.64. The lowest BCUT2D eigenvalue weighted by Crippen LogP contribution is -2.44. The summed E-state index contributed by atoms with van der Waals surface area (Å²) >= 11 is 1.61. The number of hydrogen-bond acceptors (Lipinski definition) is 7. The van der Waals surface area contributed by atoms with Crippen molar-refractivity contribution in [2.75, 3.05) is 51.3 Å². The molecular weight excluding hydrogens is 410 g/mol. The number of carbonyl (C=O) groups is 1. The van der Waals surface area contributed by atoms with Crippen LogP contribution in [0.1, 0.15) is 34.5 Å². The number of piperazine rings is 1. The Morgan fingerprint density at radius 1 is 1.23 bits per heavy atom. The van der Waals surface area contributed by atoms with Crippen molar-refractivity contribution in [1.82, 2.24) is 20.2 Å². The lowest BCUT2D eigenvalue weighted by molar-refractivity contribution is 0.0857. The lowest BCUT2D eigenvalue weighted by atomic mass is 10.1. The van der Waals surface area contributed by atoms with E-state index in [9.17, 15) is 4.79 Å². The van der Waals surface area contributed by atoms with E-state index in [1.807, 2.05) is 31.2 Å². The predicted molar refractivity (Wildman–Crippen MR) is 124 cm³/mol. The van der Waals surface area contributed by atoms with E-state index in [0.29, 0.717) is 12.1 Å². The second kappa shape index (κ2) is 10.4. The van der Waals surface area contributed by atoms with Gasteiger partial charge in [0.15, 0.2) is 5.16 Å². The number of rotatable bonds is 7. The summed E-state index contributed by atoms with van der Waals surface area (Å²) in [6.45, 7) is 7.46. The molecule has 2 aliphatic heterocycles. The minimum atomic E-state index is -0.0495. The number of aromatic nitrogens is 2. The van der Waals surface area contributed by atoms with Gasteiger partial charge in [-0.3, -0.25) is 4.79 Å². The smallest absolute Gasteiger partial charge is 0.251 e. The molecule has 8 heteroatoms. The van der Waals surface area contributed by atoms with E-state index in [-0.39, 0.29) is 12.0 Å². The van der Waals surface area contributed by atoms with Crippen molar-refractivity contribution in [3.05, 3.63) is 47.2 Å². The zero-order chi connectivity index (χ0) is 21.6. The number of hydrogen-bond donors (Lipinski definition) is 1. The maximum absolute atomic E-state index is 12.5. The van der Waals surface area contributed by atoms with Crippen LogP contribution in [0.15, 0.2) is 35.5 Å². The molecule has 2 saturated heterocycles. The molecule has 3 heterocycles. The average molecular weight is 442 g/mol. The topological polar surface area (TPSA) is 70.6 Å². The van der Waals surface area contributed by atoms with Crippen LogP contribution in [-0.2, 0) is 10.5 Å². The minimum Gasteiger partial charge on any atom is -0.376 e. The number of thioether (sulfide) groups is 1. The van der Waals surface area contributed by atoms with Crippen LogP contribution in [0.4, 0.5) is 5.82 Å². The van der Waals surface area contributed by atoms with Gasteiger partial charge in [-0.05, 0) is 44.5 Å². The molecule has 1 atom stereocenters. The number of aryl methyl sites for hydroxylation is 1. The lowest BCUT2D eigenvalue weighted by Gasteiger charge is -2.33. The van der Waals surface area contributed by atoms with Gasteiger partial charge in [0.2, 0.25) is 0 Å². The van der Waals surface area contributed by atoms with Crippen LogP contribution in [0.2, 0.25) is 0 Å². The summed E-state index contributed by atoms with van der Waals surface area (Å²) in [5, 5.41) is 3.77. The number of ether oxygens (including phenoxy) is 1. The number of anilines is 1. The molecule has 31 heavy (non-hydrogen) atoms. The highest BCUT2D eigenvalue weighted by atomic mass is 32.2. The van der Waals surface area contributed by atoms with Gasteiger partial charge in [-0.25, -0.2) is 9.97 Å². The van der Waals surface area contributed by atoms with Crippen LogP contribution in [0.3, 0.4) is 0 Å². The molecule has 2 aliphatic rings. The van der Waals surface area contributed by atoms with Gasteiger partial charge >= 0.3 is 0 Å². The van der Waals surface area contributed by atoms with Gasteiger partial charge in [0.25, 0.3) is 5.91 Å². The van der Waals surface area contributed by atoms with Crippen molar-refractivity contribution in [3.8, 4) is 0 Å². The van der Waals surface area contributed by atoms with Crippen molar-refractivity contribution in [2.24, 2.45) is 0 Å². The van der Waals surface area contributed by atoms with Crippen molar-refractivity contribution in [1.29, 1.82) is 0 Å². The first kappa shape index (κ1) is 22.0. The highest BCUT2D eigenvalue weighted by molar-refractivity contribution is 7.98. The molecule has 0 radical (unpaired) electrons. The SMILES string of the molecule is Cc1cc(N2CCN(C)CC2)nc(SCc2cccc(C(=O)NCC3CCCO3)c2)n1. The molecule has 1 amide bonds. The fourth-order valence-electron chi connectivity index (χ4n) is 3.85. The molecule has 1 aromatic heterocycles. The number of amides is 1. The van der Waals surface area contributed by atoms with Gasteiger partial charge in [-0.2, -0.15) is 0 Å². The first-order valence-electron chi connectivity index (χ1n) is 11.0. The van der Waals surface area contributed by atoms with Crippen molar-refractivity contribution in [3.63, 3.8) is 0 Å². The third-order valence-electron chi connectivity index (χ3n) is 5.72. The molecule has 0 aliphatic carbocycles. The van der Waals surface area contributed by atoms with Crippen molar-refractivity contribution >= 4 is 23.5 Å². The second-order valence-electron chi connectivity index (χ2n) is 8.27. The third kappa shape index (κ3) is 6.18. The fraction of sp³-hybridized carbons (Fsp3) is 0.522. The normalized spacial score (nSPS) is 19.5. The molecule has 0 bridgehead atoms. The summed E-state index contributed by atoms with van der Waals surface area (Å²) in [4.78, 5) is 26.6. The van der Waals surface area contributed by atoms with Crippen LogP contribution in [0, 0.1) is 6.92 Å². The first-order chi connectivity index (χ1) is 15.1. The fourth-order valence-corrected chi connectivity index (χ4v) is 4.69. The Kier molecular flexibility index (Phi) is 7.42. The van der Waals surface area contributed by atoms with E-state index >= 15 is 0 Å². The molecule has 1 N–H and O–H groups in total. The van der Waals surface area contributed by atoms with Crippen molar-refractivity contribution in [2.45, 2.75) is 36.8 Å². The summed E-state index contributed by atoms with van der Waals surface area (Å²) in [5.41, 5.74) is 2.74. The minimum absolute atomic E-state index is 0.0495. The van der Waals surface area contributed by atoms with Crippen LogP contribution in [0.5, 0.6) is 0 Å². The zero-order valence-electron chi connectivity index (χ0n) is 18.3. The van der Waals surface area contributed by atoms with E-state index in [0.717, 1.165) is 73.6 Å². The van der Waals surface area contributed by atoms with Gasteiger partial charge < -0.3 is 19.9 Å². The van der Waals surface area contributed by atoms with Crippen LogP contribution >= 0.6 is 11.8 Å². The summed E-state index contributed by atoms with van der Waals surface area (Å²) in [6, 6.07) is 9.85. The van der Waals surface area contributed by atoms with E-state index in [4.69, 9.17) is 9.72 Å². The molecule has 2 aromatic rings. The Balaban J connectivity index is 1.35. The Hall–Kier alpha value is -2.16. The van der Waals surface area contributed by atoms with Gasteiger partial charge in [-0.1, -0.05) is 23.9 Å². The van der Waals surface area contributed by atoms with E-state index in [1.54, 1.807) is 11.8 Å². The molecule has 7 nitrogen and oxygen atoms in total. The van der Waals surface area contributed by atoms with Crippen molar-refractivity contribution < 1.29 is 9.53 Å². The number of nitrogens with zero attached hydrogens (tertiary/aromatic N) is 4. The number of likely N-dealkylation sites (N-methyl/N-ethyl adjacent to an activating group) is 1. The standard InChI is InChI=1S/C23H31N5O2S/c1-17-13-21(28-10-8-27(2)9-11-28)26-23(25-17)31-16-18-5-3-6-19(14-18)22(29)24-15-20-7-4-12-30-20/h3,5-6,13-14,20H,4,7-12,15-16H2,1-2H3,(H,24,29). The van der Waals surface area contributed by atoms with Crippen LogP contribution in [-0.4, -0.2) is 73.3 Å². The maximum Gasteiger partial charge on any atom is 0.251 e. The quantitative estimate of drug-likeness (QED) is 0.523. The molecular formula is C23H31N5O2S. The number of carbonyl (C=O) groups excluding carboxylic acids is 1. The summed E-state index contributed by atoms with van der Waals surface area (Å²) in [7, 11) is 2.15. The van der Waals surface area contributed by atoms with Crippen LogP contribution in [0.25, 0.3) is 0 Å². The van der Waals surface area contributed by atoms with Gasteiger partial charge in [-0.15, -0.1) is 0 Å². The number of benzene rings is 1. The largest absolute Gasteiger partial charge is 0.376 e. The van der Waals surface area contributed by atoms with Gasteiger partial charge in [0.05, 0.1) is 6.10 Å². The molecule has 166 valence electrons. The molecule has 2 fully saturated rings. The summed E-state index contributed by atoms with van der Waals surface area (Å²) < 4.78 is 5.58. The summed E-state index contributed by atoms with van der Waals surface area (Å²) in [6.07, 6.45) is 2.24. The number of nitrogens with one attached hydrogen (secondary N) is 1. The first-order valence-corrected chi connectivity index (χ1v) is 12.0. The zero-order valence-corrected chi connectivity index (χ0v) is 19.2. The average Bonchev–Trinajstić information content (AvgIpc) is 3.30. The molecule has 0 saturated carbocycles. The van der Waals surface area contributed by atoms with Crippen LogP contribution < -0.4 is 10.2 Å². The van der Waals surface area contributed by atoms with Gasteiger partial charge in [0, 0.05) is 62.4 Å². The van der Waals surface area contributed by atoms with E-state index < -0.39 is 0 Å². The van der Waals surface area contributed by atoms with E-state index in [1.165, 1.54) is 0 Å². The molecule has 1 aromatic carbocycles. The second-order valence-corrected chi connectivity index (χ2v) is 9.22. The Labute approximate surface area is 188 Å². The van der Waals surface area contributed by atoms with E-state index in [2.05, 4.69) is 33.2 Å².